The summed E-state index contributed by atoms with van der Waals surface area (Å²) in [6.45, 7) is 0. The summed E-state index contributed by atoms with van der Waals surface area (Å²) in [5, 5.41) is 21.4. The van der Waals surface area contributed by atoms with Gasteiger partial charge in [0.1, 0.15) is 0 Å². The molecule has 0 spiro atoms. The molecule has 0 aliphatic rings. The second-order valence-corrected chi connectivity index (χ2v) is 5.28. The zero-order valence-electron chi connectivity index (χ0n) is 6.42. The topological polar surface area (TPSA) is 82.1 Å². The molecule has 14 heavy (non-hydrogen) atoms. The molecule has 2 rings (SSSR count). The summed E-state index contributed by atoms with van der Waals surface area (Å²) in [6, 6.07) is 0. The van der Waals surface area contributed by atoms with Crippen LogP contribution in [0.3, 0.4) is 0 Å². The van der Waals surface area contributed by atoms with Crippen molar-refractivity contribution in [2.45, 2.75) is 0 Å². The van der Waals surface area contributed by atoms with Crippen molar-refractivity contribution >= 4 is 57.4 Å². The molecule has 0 aromatic carbocycles. The van der Waals surface area contributed by atoms with Crippen LogP contribution in [0.25, 0.3) is 0 Å². The molecule has 0 aliphatic carbocycles. The van der Waals surface area contributed by atoms with Crippen molar-refractivity contribution in [2.24, 2.45) is 10.2 Å². The minimum Gasteiger partial charge on any atom is -0.256 e. The molecule has 2 N–H and O–H groups in total. The van der Waals surface area contributed by atoms with E-state index in [0.717, 1.165) is 0 Å². The van der Waals surface area contributed by atoms with Crippen molar-refractivity contribution in [3.05, 3.63) is 7.91 Å². The molecule has 0 saturated carbocycles. The summed E-state index contributed by atoms with van der Waals surface area (Å²) < 4.78 is 1.13. The highest BCUT2D eigenvalue weighted by molar-refractivity contribution is 7.73. The molecule has 2 aromatic rings. The Morgan fingerprint density at radius 1 is 0.929 bits per heavy atom. The van der Waals surface area contributed by atoms with Gasteiger partial charge in [-0.1, -0.05) is 22.7 Å². The highest BCUT2D eigenvalue weighted by atomic mass is 32.2. The molecule has 0 radical (unpaired) electrons. The molecule has 6 nitrogen and oxygen atoms in total. The zero-order chi connectivity index (χ0) is 9.97. The maximum atomic E-state index is 4.83. The first kappa shape index (κ1) is 9.71. The lowest BCUT2D eigenvalue weighted by Crippen LogP contribution is -1.65. The summed E-state index contributed by atoms with van der Waals surface area (Å²) in [5.74, 6) is 0. The van der Waals surface area contributed by atoms with Gasteiger partial charge in [0.25, 0.3) is 0 Å². The van der Waals surface area contributed by atoms with E-state index in [-0.39, 0.29) is 0 Å². The molecule has 0 unspecified atom stereocenters. The average molecular weight is 262 g/mol. The highest BCUT2D eigenvalue weighted by Crippen LogP contribution is 2.21. The van der Waals surface area contributed by atoms with Gasteiger partial charge in [0, 0.05) is 0 Å². The summed E-state index contributed by atoms with van der Waals surface area (Å²) in [4.78, 5) is 0. The lowest BCUT2D eigenvalue weighted by atomic mass is 11.2. The van der Waals surface area contributed by atoms with E-state index in [1.165, 1.54) is 22.7 Å². The summed E-state index contributed by atoms with van der Waals surface area (Å²) >= 11 is 12.1. The predicted octanol–water partition coefficient (Wildman–Crippen LogP) is 3.13. The van der Waals surface area contributed by atoms with Crippen LogP contribution in [-0.4, -0.2) is 20.4 Å². The number of rotatable bonds is 2. The Kier molecular flexibility index (Phi) is 2.86. The van der Waals surface area contributed by atoms with Crippen molar-refractivity contribution < 1.29 is 0 Å². The number of aromatic amines is 2. The van der Waals surface area contributed by atoms with Crippen LogP contribution in [0.5, 0.6) is 0 Å². The van der Waals surface area contributed by atoms with Gasteiger partial charge in [-0.15, -0.1) is 20.4 Å². The molecule has 10 heteroatoms. The maximum Gasteiger partial charge on any atom is 0.250 e. The molecular formula is C4H2N6S4. The molecule has 2 heterocycles. The normalized spacial score (nSPS) is 11.1. The third kappa shape index (κ3) is 2.35. The van der Waals surface area contributed by atoms with Crippen LogP contribution in [0.2, 0.25) is 0 Å². The van der Waals surface area contributed by atoms with Gasteiger partial charge in [-0.2, -0.15) is 0 Å². The number of hydrogen-bond acceptors (Lipinski definition) is 8. The fourth-order valence-corrected chi connectivity index (χ4v) is 2.01. The molecule has 72 valence electrons. The van der Waals surface area contributed by atoms with Gasteiger partial charge in [-0.05, 0) is 24.4 Å². The first-order valence-corrected chi connectivity index (χ1v) is 5.72. The number of nitrogens with one attached hydrogen (secondary N) is 2. The smallest absolute Gasteiger partial charge is 0.250 e. The number of azo groups is 1. The van der Waals surface area contributed by atoms with Gasteiger partial charge in [-0.3, -0.25) is 10.2 Å². The van der Waals surface area contributed by atoms with Gasteiger partial charge < -0.3 is 0 Å². The van der Waals surface area contributed by atoms with E-state index in [2.05, 4.69) is 30.6 Å². The van der Waals surface area contributed by atoms with Gasteiger partial charge in [-0.25, -0.2) is 0 Å². The number of H-pyrrole nitrogens is 2. The van der Waals surface area contributed by atoms with E-state index in [4.69, 9.17) is 24.4 Å². The van der Waals surface area contributed by atoms with E-state index in [0.29, 0.717) is 18.2 Å². The van der Waals surface area contributed by atoms with Gasteiger partial charge in [0.2, 0.25) is 10.3 Å². The lowest BCUT2D eigenvalue weighted by molar-refractivity contribution is 1.02. The van der Waals surface area contributed by atoms with Crippen molar-refractivity contribution in [3.63, 3.8) is 0 Å². The van der Waals surface area contributed by atoms with Crippen molar-refractivity contribution in [3.8, 4) is 0 Å². The largest absolute Gasteiger partial charge is 0.256 e. The van der Waals surface area contributed by atoms with Crippen molar-refractivity contribution in [2.75, 3.05) is 0 Å². The second kappa shape index (κ2) is 4.13. The van der Waals surface area contributed by atoms with Gasteiger partial charge >= 0.3 is 0 Å². The Hall–Kier alpha value is -0.840. The average Bonchev–Trinajstić information content (AvgIpc) is 2.72. The molecule has 0 amide bonds. The fraction of sp³-hybridized carbons (Fsp3) is 0. The van der Waals surface area contributed by atoms with Gasteiger partial charge in [0.05, 0.1) is 0 Å². The Balaban J connectivity index is 2.22. The Labute approximate surface area is 95.7 Å². The van der Waals surface area contributed by atoms with Crippen LogP contribution in [0, 0.1) is 7.91 Å². The molecule has 2 aromatic heterocycles. The molecule has 0 atom stereocenters. The fourth-order valence-electron chi connectivity index (χ4n) is 0.615. The van der Waals surface area contributed by atoms with E-state index in [9.17, 15) is 0 Å². The Morgan fingerprint density at radius 3 is 1.64 bits per heavy atom. The summed E-state index contributed by atoms with van der Waals surface area (Å²) in [6.07, 6.45) is 0. The van der Waals surface area contributed by atoms with E-state index in [1.807, 2.05) is 0 Å². The Morgan fingerprint density at radius 2 is 1.36 bits per heavy atom. The van der Waals surface area contributed by atoms with Crippen LogP contribution in [0.15, 0.2) is 10.2 Å². The monoisotopic (exact) mass is 262 g/mol. The minimum atomic E-state index is 0.469. The van der Waals surface area contributed by atoms with Crippen LogP contribution in [-0.2, 0) is 0 Å². The molecular weight excluding hydrogens is 260 g/mol. The quantitative estimate of drug-likeness (QED) is 0.643. The molecule has 0 aliphatic heterocycles. The highest BCUT2D eigenvalue weighted by Gasteiger charge is 1.96. The van der Waals surface area contributed by atoms with Crippen LogP contribution in [0.4, 0.5) is 10.3 Å². The van der Waals surface area contributed by atoms with E-state index < -0.39 is 0 Å². The third-order valence-corrected chi connectivity index (χ3v) is 3.02. The number of hydrogen-bond donors (Lipinski definition) is 2. The number of nitrogens with zero attached hydrogens (tertiary/aromatic N) is 4. The third-order valence-electron chi connectivity index (χ3n) is 1.07. The summed E-state index contributed by atoms with van der Waals surface area (Å²) in [7, 11) is 0. The second-order valence-electron chi connectivity index (χ2n) is 1.99. The first-order chi connectivity index (χ1) is 6.74. The first-order valence-electron chi connectivity index (χ1n) is 3.27. The van der Waals surface area contributed by atoms with Crippen molar-refractivity contribution in [1.82, 2.24) is 20.4 Å². The zero-order valence-corrected chi connectivity index (χ0v) is 9.69. The van der Waals surface area contributed by atoms with Crippen molar-refractivity contribution in [1.29, 1.82) is 0 Å². The van der Waals surface area contributed by atoms with E-state index >= 15 is 0 Å². The molecule has 0 saturated heterocycles. The molecule has 0 fully saturated rings. The standard InChI is InChI=1S/C4H2N6S4/c11-3-9-7-1(13-3)5-6-2-8-10-4(12)14-2/h(H,9,11)(H,10,12). The lowest BCUT2D eigenvalue weighted by Gasteiger charge is -1.77. The minimum absolute atomic E-state index is 0.469. The number of aromatic nitrogens is 4. The van der Waals surface area contributed by atoms with Crippen LogP contribution in [0.1, 0.15) is 0 Å². The van der Waals surface area contributed by atoms with E-state index in [1.54, 1.807) is 0 Å². The Bertz CT molecular complexity index is 506. The van der Waals surface area contributed by atoms with Crippen LogP contribution < -0.4 is 0 Å². The van der Waals surface area contributed by atoms with Crippen LogP contribution >= 0.6 is 47.1 Å². The van der Waals surface area contributed by atoms with Gasteiger partial charge in [0.15, 0.2) is 7.91 Å². The predicted molar refractivity (Wildman–Crippen MR) is 58.8 cm³/mol. The maximum absolute atomic E-state index is 4.83. The molecule has 0 bridgehead atoms. The summed E-state index contributed by atoms with van der Waals surface area (Å²) in [5.41, 5.74) is 0. The SMILES string of the molecule is S=c1[nH]nc(N=Nc2n[nH]c(=S)s2)s1.